The van der Waals surface area contributed by atoms with Crippen LogP contribution in [-0.4, -0.2) is 37.6 Å². The molecule has 5 heteroatoms. The predicted octanol–water partition coefficient (Wildman–Crippen LogP) is 2.34. The number of nitrogens with one attached hydrogen (secondary N) is 1. The molecule has 1 aliphatic rings. The van der Waals surface area contributed by atoms with Gasteiger partial charge in [0.2, 0.25) is 5.91 Å². The molecule has 0 radical (unpaired) electrons. The van der Waals surface area contributed by atoms with Crippen molar-refractivity contribution in [1.29, 1.82) is 0 Å². The molecule has 1 saturated heterocycles. The molecule has 0 aromatic heterocycles. The van der Waals surface area contributed by atoms with Crippen molar-refractivity contribution in [2.24, 2.45) is 0 Å². The Hall–Kier alpha value is -1.88. The van der Waals surface area contributed by atoms with Crippen molar-refractivity contribution in [2.45, 2.75) is 38.7 Å². The van der Waals surface area contributed by atoms with E-state index < -0.39 is 0 Å². The van der Waals surface area contributed by atoms with E-state index in [0.29, 0.717) is 18.7 Å². The lowest BCUT2D eigenvalue weighted by Gasteiger charge is -2.10. The van der Waals surface area contributed by atoms with Gasteiger partial charge in [-0.2, -0.15) is 0 Å². The molecular weight excluding hydrogens is 282 g/mol. The van der Waals surface area contributed by atoms with Crippen LogP contribution in [0.2, 0.25) is 0 Å². The van der Waals surface area contributed by atoms with Gasteiger partial charge in [0.25, 0.3) is 0 Å². The van der Waals surface area contributed by atoms with E-state index in [0.717, 1.165) is 25.2 Å². The largest absolute Gasteiger partial charge is 0.494 e. The first kappa shape index (κ1) is 16.5. The van der Waals surface area contributed by atoms with Crippen LogP contribution in [0.25, 0.3) is 0 Å². The molecule has 1 N–H and O–H groups in total. The van der Waals surface area contributed by atoms with E-state index in [1.165, 1.54) is 0 Å². The Morgan fingerprint density at radius 3 is 2.68 bits per heavy atom. The molecule has 1 aromatic rings. The third-order valence-electron chi connectivity index (χ3n) is 3.62. The molecule has 0 spiro atoms. The van der Waals surface area contributed by atoms with Crippen molar-refractivity contribution in [1.82, 2.24) is 5.32 Å². The number of carbonyl (C=O) groups excluding carboxylic acids is 2. The van der Waals surface area contributed by atoms with Gasteiger partial charge in [-0.15, -0.1) is 0 Å². The summed E-state index contributed by atoms with van der Waals surface area (Å²) in [7, 11) is 0. The molecule has 1 aromatic carbocycles. The average Bonchev–Trinajstić information content (AvgIpc) is 3.05. The van der Waals surface area contributed by atoms with Gasteiger partial charge >= 0.3 is 0 Å². The molecule has 0 bridgehead atoms. The summed E-state index contributed by atoms with van der Waals surface area (Å²) in [6.07, 6.45) is 2.59. The Morgan fingerprint density at radius 1 is 1.27 bits per heavy atom. The Bertz CT molecular complexity index is 492. The van der Waals surface area contributed by atoms with Gasteiger partial charge in [-0.05, 0) is 44.0 Å². The number of carbonyl (C=O) groups is 2. The number of benzene rings is 1. The van der Waals surface area contributed by atoms with E-state index in [9.17, 15) is 9.59 Å². The van der Waals surface area contributed by atoms with Crippen LogP contribution in [0, 0.1) is 0 Å². The molecule has 1 atom stereocenters. The van der Waals surface area contributed by atoms with Crippen LogP contribution >= 0.6 is 0 Å². The number of ether oxygens (including phenoxy) is 2. The molecule has 22 heavy (non-hydrogen) atoms. The van der Waals surface area contributed by atoms with E-state index in [1.807, 2.05) is 6.92 Å². The second-order valence-corrected chi connectivity index (χ2v) is 5.32. The van der Waals surface area contributed by atoms with Gasteiger partial charge in [0, 0.05) is 31.6 Å². The number of rotatable bonds is 8. The van der Waals surface area contributed by atoms with Gasteiger partial charge in [-0.1, -0.05) is 0 Å². The van der Waals surface area contributed by atoms with Crippen molar-refractivity contribution in [2.75, 3.05) is 19.8 Å². The zero-order chi connectivity index (χ0) is 15.8. The first-order chi connectivity index (χ1) is 10.7. The molecule has 5 nitrogen and oxygen atoms in total. The monoisotopic (exact) mass is 305 g/mol. The fourth-order valence-electron chi connectivity index (χ4n) is 2.40. The van der Waals surface area contributed by atoms with Gasteiger partial charge in [0.05, 0.1) is 12.7 Å². The number of Topliss-reactive ketones (excluding diaryl/α,β-unsaturated/α-hetero) is 1. The van der Waals surface area contributed by atoms with Gasteiger partial charge in [0.1, 0.15) is 5.75 Å². The SMILES string of the molecule is CCOc1ccc(C(=O)CCC(=O)NCC2CCCO2)cc1. The highest BCUT2D eigenvalue weighted by Gasteiger charge is 2.16. The summed E-state index contributed by atoms with van der Waals surface area (Å²) in [5.74, 6) is 0.610. The second-order valence-electron chi connectivity index (χ2n) is 5.32. The van der Waals surface area contributed by atoms with Crippen molar-refractivity contribution < 1.29 is 19.1 Å². The quantitative estimate of drug-likeness (QED) is 0.749. The van der Waals surface area contributed by atoms with Crippen molar-refractivity contribution in [3.8, 4) is 5.75 Å². The van der Waals surface area contributed by atoms with E-state index in [-0.39, 0.29) is 30.6 Å². The van der Waals surface area contributed by atoms with Crippen molar-refractivity contribution in [3.63, 3.8) is 0 Å². The molecule has 1 amide bonds. The first-order valence-electron chi connectivity index (χ1n) is 7.83. The van der Waals surface area contributed by atoms with Gasteiger partial charge < -0.3 is 14.8 Å². The lowest BCUT2D eigenvalue weighted by molar-refractivity contribution is -0.121. The summed E-state index contributed by atoms with van der Waals surface area (Å²) >= 11 is 0. The third-order valence-corrected chi connectivity index (χ3v) is 3.62. The fraction of sp³-hybridized carbons (Fsp3) is 0.529. The molecule has 0 aliphatic carbocycles. The Labute approximate surface area is 131 Å². The fourth-order valence-corrected chi connectivity index (χ4v) is 2.40. The molecule has 2 rings (SSSR count). The van der Waals surface area contributed by atoms with Gasteiger partial charge in [0.15, 0.2) is 5.78 Å². The molecular formula is C17H23NO4. The minimum absolute atomic E-state index is 0.0321. The van der Waals surface area contributed by atoms with E-state index in [1.54, 1.807) is 24.3 Å². The van der Waals surface area contributed by atoms with Gasteiger partial charge in [-0.3, -0.25) is 9.59 Å². The number of hydrogen-bond acceptors (Lipinski definition) is 4. The average molecular weight is 305 g/mol. The van der Waals surface area contributed by atoms with Crippen LogP contribution in [0.4, 0.5) is 0 Å². The molecule has 120 valence electrons. The van der Waals surface area contributed by atoms with Crippen LogP contribution in [-0.2, 0) is 9.53 Å². The van der Waals surface area contributed by atoms with Crippen LogP contribution in [0.3, 0.4) is 0 Å². The number of hydrogen-bond donors (Lipinski definition) is 1. The smallest absolute Gasteiger partial charge is 0.220 e. The summed E-state index contributed by atoms with van der Waals surface area (Å²) in [5, 5.41) is 2.82. The maximum Gasteiger partial charge on any atom is 0.220 e. The second kappa shape index (κ2) is 8.54. The van der Waals surface area contributed by atoms with E-state index in [4.69, 9.17) is 9.47 Å². The first-order valence-corrected chi connectivity index (χ1v) is 7.83. The number of amides is 1. The minimum Gasteiger partial charge on any atom is -0.494 e. The van der Waals surface area contributed by atoms with Crippen LogP contribution in [0.15, 0.2) is 24.3 Å². The standard InChI is InChI=1S/C17H23NO4/c1-2-21-14-7-5-13(6-8-14)16(19)9-10-17(20)18-12-15-4-3-11-22-15/h5-8,15H,2-4,9-12H2,1H3,(H,18,20). The summed E-state index contributed by atoms with van der Waals surface area (Å²) in [6.45, 7) is 3.82. The summed E-state index contributed by atoms with van der Waals surface area (Å²) in [6, 6.07) is 7.01. The van der Waals surface area contributed by atoms with E-state index >= 15 is 0 Å². The minimum atomic E-state index is -0.102. The van der Waals surface area contributed by atoms with Crippen LogP contribution in [0.5, 0.6) is 5.75 Å². The molecule has 1 fully saturated rings. The molecule has 1 unspecified atom stereocenters. The zero-order valence-electron chi connectivity index (χ0n) is 13.0. The predicted molar refractivity (Wildman–Crippen MR) is 83.2 cm³/mol. The Kier molecular flexibility index (Phi) is 6.40. The highest BCUT2D eigenvalue weighted by atomic mass is 16.5. The van der Waals surface area contributed by atoms with Crippen molar-refractivity contribution in [3.05, 3.63) is 29.8 Å². The summed E-state index contributed by atoms with van der Waals surface area (Å²) < 4.78 is 10.8. The lowest BCUT2D eigenvalue weighted by atomic mass is 10.1. The molecule has 1 aliphatic heterocycles. The number of ketones is 1. The third kappa shape index (κ3) is 5.15. The van der Waals surface area contributed by atoms with Crippen LogP contribution < -0.4 is 10.1 Å². The summed E-state index contributed by atoms with van der Waals surface area (Å²) in [4.78, 5) is 23.8. The van der Waals surface area contributed by atoms with Gasteiger partial charge in [-0.25, -0.2) is 0 Å². The molecule has 1 heterocycles. The molecule has 0 saturated carbocycles. The summed E-state index contributed by atoms with van der Waals surface area (Å²) in [5.41, 5.74) is 0.607. The van der Waals surface area contributed by atoms with E-state index in [2.05, 4.69) is 5.32 Å². The Morgan fingerprint density at radius 2 is 2.05 bits per heavy atom. The highest BCUT2D eigenvalue weighted by molar-refractivity contribution is 5.98. The topological polar surface area (TPSA) is 64.6 Å². The Balaban J connectivity index is 1.70. The lowest BCUT2D eigenvalue weighted by Crippen LogP contribution is -2.31. The maximum atomic E-state index is 12.0. The highest BCUT2D eigenvalue weighted by Crippen LogP contribution is 2.14. The maximum absolute atomic E-state index is 12.0. The zero-order valence-corrected chi connectivity index (χ0v) is 13.0. The normalized spacial score (nSPS) is 17.2. The van der Waals surface area contributed by atoms with Crippen molar-refractivity contribution >= 4 is 11.7 Å². The van der Waals surface area contributed by atoms with Crippen LogP contribution in [0.1, 0.15) is 43.0 Å².